The third-order valence-corrected chi connectivity index (χ3v) is 6.11. The van der Waals surface area contributed by atoms with Gasteiger partial charge in [-0.05, 0) is 66.1 Å². The Hall–Kier alpha value is -3.11. The first-order valence-electron chi connectivity index (χ1n) is 11.4. The Morgan fingerprint density at radius 3 is 2.12 bits per heavy atom. The largest absolute Gasteiger partial charge is 0.494 e. The lowest BCUT2D eigenvalue weighted by Gasteiger charge is -2.14. The minimum atomic E-state index is -0.931. The van der Waals surface area contributed by atoms with Crippen LogP contribution in [0.15, 0.2) is 72.8 Å². The van der Waals surface area contributed by atoms with E-state index in [4.69, 9.17) is 9.47 Å². The van der Waals surface area contributed by atoms with E-state index in [0.717, 1.165) is 30.6 Å². The van der Waals surface area contributed by atoms with Gasteiger partial charge in [-0.2, -0.15) is 0 Å². The van der Waals surface area contributed by atoms with Crippen LogP contribution in [0.25, 0.3) is 11.1 Å². The van der Waals surface area contributed by atoms with Gasteiger partial charge in [0.2, 0.25) is 0 Å². The van der Waals surface area contributed by atoms with Crippen LogP contribution in [0.4, 0.5) is 0 Å². The van der Waals surface area contributed by atoms with Crippen molar-refractivity contribution in [2.75, 3.05) is 13.2 Å². The predicted octanol–water partition coefficient (Wildman–Crippen LogP) is 6.08. The summed E-state index contributed by atoms with van der Waals surface area (Å²) in [6, 6.07) is 25.1. The maximum atomic E-state index is 11.2. The molecule has 0 saturated heterocycles. The monoisotopic (exact) mass is 430 g/mol. The number of unbranched alkanes of at least 4 members (excludes halogenated alkanes) is 1. The SMILES string of the molecule is CCOC(Cc1ccc(OCCCCC2c3ccccc3-c3ccccc32)cc1)C(=O)O. The molecule has 4 rings (SSSR count). The van der Waals surface area contributed by atoms with Crippen molar-refractivity contribution in [3.8, 4) is 16.9 Å². The molecule has 166 valence electrons. The molecule has 0 fully saturated rings. The van der Waals surface area contributed by atoms with E-state index >= 15 is 0 Å². The van der Waals surface area contributed by atoms with Crippen molar-refractivity contribution in [2.45, 2.75) is 44.6 Å². The van der Waals surface area contributed by atoms with E-state index in [1.165, 1.54) is 22.3 Å². The zero-order valence-corrected chi connectivity index (χ0v) is 18.5. The van der Waals surface area contributed by atoms with Crippen LogP contribution < -0.4 is 4.74 Å². The van der Waals surface area contributed by atoms with E-state index < -0.39 is 12.1 Å². The van der Waals surface area contributed by atoms with Crippen LogP contribution in [0.2, 0.25) is 0 Å². The van der Waals surface area contributed by atoms with Gasteiger partial charge in [0.15, 0.2) is 6.10 Å². The Balaban J connectivity index is 1.25. The van der Waals surface area contributed by atoms with Crippen molar-refractivity contribution < 1.29 is 19.4 Å². The smallest absolute Gasteiger partial charge is 0.333 e. The molecule has 0 heterocycles. The molecule has 1 aliphatic rings. The highest BCUT2D eigenvalue weighted by atomic mass is 16.5. The van der Waals surface area contributed by atoms with E-state index in [0.29, 0.717) is 25.6 Å². The average molecular weight is 431 g/mol. The van der Waals surface area contributed by atoms with Gasteiger partial charge < -0.3 is 14.6 Å². The Bertz CT molecular complexity index is 996. The Morgan fingerprint density at radius 2 is 1.53 bits per heavy atom. The number of hydrogen-bond donors (Lipinski definition) is 1. The van der Waals surface area contributed by atoms with Gasteiger partial charge in [-0.3, -0.25) is 0 Å². The number of carboxylic acids is 1. The van der Waals surface area contributed by atoms with Gasteiger partial charge >= 0.3 is 5.97 Å². The molecule has 1 unspecified atom stereocenters. The van der Waals surface area contributed by atoms with E-state index in [1.807, 2.05) is 24.3 Å². The molecule has 1 aliphatic carbocycles. The van der Waals surface area contributed by atoms with Gasteiger partial charge in [0.25, 0.3) is 0 Å². The molecule has 0 amide bonds. The number of carbonyl (C=O) groups is 1. The Kier molecular flexibility index (Phi) is 7.23. The molecule has 0 spiro atoms. The molecule has 0 aromatic heterocycles. The van der Waals surface area contributed by atoms with Crippen LogP contribution in [0.3, 0.4) is 0 Å². The fourth-order valence-electron chi connectivity index (χ4n) is 4.57. The lowest BCUT2D eigenvalue weighted by molar-refractivity contribution is -0.149. The van der Waals surface area contributed by atoms with Crippen LogP contribution >= 0.6 is 0 Å². The van der Waals surface area contributed by atoms with Crippen LogP contribution in [0, 0.1) is 0 Å². The molecule has 32 heavy (non-hydrogen) atoms. The second-order valence-corrected chi connectivity index (χ2v) is 8.20. The van der Waals surface area contributed by atoms with Crippen molar-refractivity contribution >= 4 is 5.97 Å². The highest BCUT2D eigenvalue weighted by Crippen LogP contribution is 2.46. The number of fused-ring (bicyclic) bond motifs is 3. The molecular weight excluding hydrogens is 400 g/mol. The fraction of sp³-hybridized carbons (Fsp3) is 0.321. The summed E-state index contributed by atoms with van der Waals surface area (Å²) >= 11 is 0. The van der Waals surface area contributed by atoms with Gasteiger partial charge in [0.05, 0.1) is 6.61 Å². The highest BCUT2D eigenvalue weighted by Gasteiger charge is 2.27. The van der Waals surface area contributed by atoms with Crippen molar-refractivity contribution in [1.82, 2.24) is 0 Å². The first-order valence-corrected chi connectivity index (χ1v) is 11.4. The predicted molar refractivity (Wildman–Crippen MR) is 126 cm³/mol. The summed E-state index contributed by atoms with van der Waals surface area (Å²) in [6.07, 6.45) is 2.75. The third-order valence-electron chi connectivity index (χ3n) is 6.11. The normalized spacial score (nSPS) is 13.4. The van der Waals surface area contributed by atoms with E-state index in [1.54, 1.807) is 6.92 Å². The second kappa shape index (κ2) is 10.5. The maximum Gasteiger partial charge on any atom is 0.333 e. The third kappa shape index (κ3) is 5.03. The standard InChI is InChI=1S/C28H30O4/c1-2-31-27(28(29)30)19-20-14-16-21(17-15-20)32-18-8-7-13-26-24-11-5-3-9-22(24)23-10-4-6-12-25(23)26/h3-6,9-12,14-17,26-27H,2,7-8,13,18-19H2,1H3,(H,29,30). The molecular formula is C28H30O4. The van der Waals surface area contributed by atoms with Crippen LogP contribution in [-0.2, 0) is 16.0 Å². The van der Waals surface area contributed by atoms with Crippen molar-refractivity contribution in [3.63, 3.8) is 0 Å². The summed E-state index contributed by atoms with van der Waals surface area (Å²) in [7, 11) is 0. The summed E-state index contributed by atoms with van der Waals surface area (Å²) in [4.78, 5) is 11.2. The maximum absolute atomic E-state index is 11.2. The topological polar surface area (TPSA) is 55.8 Å². The van der Waals surface area contributed by atoms with E-state index in [9.17, 15) is 9.90 Å². The number of aliphatic carboxylic acids is 1. The van der Waals surface area contributed by atoms with Crippen LogP contribution in [-0.4, -0.2) is 30.4 Å². The first kappa shape index (κ1) is 22.1. The highest BCUT2D eigenvalue weighted by molar-refractivity contribution is 5.78. The van der Waals surface area contributed by atoms with E-state index in [2.05, 4.69) is 48.5 Å². The molecule has 0 saturated carbocycles. The molecule has 3 aromatic carbocycles. The number of rotatable bonds is 11. The summed E-state index contributed by atoms with van der Waals surface area (Å²) in [5.41, 5.74) is 6.56. The molecule has 0 bridgehead atoms. The van der Waals surface area contributed by atoms with Crippen molar-refractivity contribution in [2.24, 2.45) is 0 Å². The molecule has 3 aromatic rings. The van der Waals surface area contributed by atoms with Crippen LogP contribution in [0.5, 0.6) is 5.75 Å². The number of benzene rings is 3. The zero-order chi connectivity index (χ0) is 22.3. The second-order valence-electron chi connectivity index (χ2n) is 8.20. The number of hydrogen-bond acceptors (Lipinski definition) is 3. The zero-order valence-electron chi connectivity index (χ0n) is 18.5. The first-order chi connectivity index (χ1) is 15.7. The quantitative estimate of drug-likeness (QED) is 0.375. The van der Waals surface area contributed by atoms with Gasteiger partial charge in [-0.15, -0.1) is 0 Å². The van der Waals surface area contributed by atoms with Gasteiger partial charge in [0, 0.05) is 18.9 Å². The van der Waals surface area contributed by atoms with Crippen molar-refractivity contribution in [1.29, 1.82) is 0 Å². The molecule has 1 atom stereocenters. The molecule has 1 N–H and O–H groups in total. The van der Waals surface area contributed by atoms with Gasteiger partial charge in [0.1, 0.15) is 5.75 Å². The van der Waals surface area contributed by atoms with Crippen molar-refractivity contribution in [3.05, 3.63) is 89.5 Å². The number of carboxylic acid groups (broad SMARTS) is 1. The summed E-state index contributed by atoms with van der Waals surface area (Å²) in [6.45, 7) is 2.86. The summed E-state index contributed by atoms with van der Waals surface area (Å²) in [5.74, 6) is 0.350. The van der Waals surface area contributed by atoms with Gasteiger partial charge in [-0.1, -0.05) is 60.7 Å². The summed E-state index contributed by atoms with van der Waals surface area (Å²) < 4.78 is 11.2. The fourth-order valence-corrected chi connectivity index (χ4v) is 4.57. The Morgan fingerprint density at radius 1 is 0.906 bits per heavy atom. The minimum absolute atomic E-state index is 0.355. The molecule has 4 nitrogen and oxygen atoms in total. The summed E-state index contributed by atoms with van der Waals surface area (Å²) in [5, 5.41) is 9.22. The molecule has 0 radical (unpaired) electrons. The van der Waals surface area contributed by atoms with E-state index in [-0.39, 0.29) is 0 Å². The molecule has 4 heteroatoms. The van der Waals surface area contributed by atoms with Crippen LogP contribution in [0.1, 0.15) is 48.8 Å². The lowest BCUT2D eigenvalue weighted by Crippen LogP contribution is -2.26. The lowest BCUT2D eigenvalue weighted by atomic mass is 9.92. The minimum Gasteiger partial charge on any atom is -0.494 e. The number of ether oxygens (including phenoxy) is 2. The Labute approximate surface area is 189 Å². The molecule has 0 aliphatic heterocycles. The average Bonchev–Trinajstić information content (AvgIpc) is 3.13. The van der Waals surface area contributed by atoms with Gasteiger partial charge in [-0.25, -0.2) is 4.79 Å².